The van der Waals surface area contributed by atoms with Gasteiger partial charge in [-0.15, -0.1) is 0 Å². The zero-order valence-corrected chi connectivity index (χ0v) is 6.66. The van der Waals surface area contributed by atoms with Gasteiger partial charge in [-0.25, -0.2) is 4.79 Å². The van der Waals surface area contributed by atoms with Crippen molar-refractivity contribution in [3.05, 3.63) is 35.9 Å². The number of rotatable bonds is 3. The average Bonchev–Trinajstić information content (AvgIpc) is 2.05. The lowest BCUT2D eigenvalue weighted by Crippen LogP contribution is -2.23. The number of hydrogen-bond donors (Lipinski definition) is 2. The van der Waals surface area contributed by atoms with Gasteiger partial charge < -0.3 is 10.4 Å². The molecule has 3 nitrogen and oxygen atoms in total. The molecule has 66 valence electrons. The molecule has 1 amide bonds. The molecule has 0 aliphatic rings. The summed E-state index contributed by atoms with van der Waals surface area (Å²) < 4.78 is 0. The van der Waals surface area contributed by atoms with Gasteiger partial charge in [0.25, 0.3) is 0 Å². The molecule has 2 N–H and O–H groups in total. The highest BCUT2D eigenvalue weighted by molar-refractivity contribution is 5.64. The van der Waals surface area contributed by atoms with Crippen molar-refractivity contribution in [1.29, 1.82) is 0 Å². The van der Waals surface area contributed by atoms with Crippen LogP contribution >= 0.6 is 0 Å². The topological polar surface area (TPSA) is 49.3 Å². The van der Waals surface area contributed by atoms with E-state index in [1.807, 2.05) is 30.3 Å². The lowest BCUT2D eigenvalue weighted by molar-refractivity contribution is 0.194. The van der Waals surface area contributed by atoms with Gasteiger partial charge in [0, 0.05) is 7.97 Å². The second-order valence-corrected chi connectivity index (χ2v) is 2.47. The van der Waals surface area contributed by atoms with Gasteiger partial charge in [0.15, 0.2) is 0 Å². The second kappa shape index (κ2) is 4.38. The lowest BCUT2D eigenvalue weighted by atomic mass is 10.1. The monoisotopic (exact) mass is 167 g/mol. The molecule has 0 heterocycles. The Labute approximate surface area is 72.5 Å². The summed E-state index contributed by atoms with van der Waals surface area (Å²) in [7, 11) is 0. The minimum atomic E-state index is -0.967. The molecular formula is C9H13NO2. The third-order valence-corrected chi connectivity index (χ3v) is 1.53. The summed E-state index contributed by atoms with van der Waals surface area (Å²) in [5.41, 5.74) is 1.14. The number of hydrogen-bond acceptors (Lipinski definition) is 1. The predicted octanol–water partition coefficient (Wildman–Crippen LogP) is 1.74. The van der Waals surface area contributed by atoms with Gasteiger partial charge in [-0.1, -0.05) is 30.3 Å². The molecule has 1 rings (SSSR count). The van der Waals surface area contributed by atoms with E-state index in [1.165, 1.54) is 0 Å². The SMILES string of the molecule is O=C(O)NCCc1ccccc1.[HH]. The van der Waals surface area contributed by atoms with Crippen LogP contribution in [0.4, 0.5) is 4.79 Å². The van der Waals surface area contributed by atoms with Crippen LogP contribution in [0.15, 0.2) is 30.3 Å². The minimum Gasteiger partial charge on any atom is -0.465 e. The normalized spacial score (nSPS) is 9.33. The number of carbonyl (C=O) groups is 1. The van der Waals surface area contributed by atoms with E-state index in [-0.39, 0.29) is 1.43 Å². The largest absolute Gasteiger partial charge is 0.465 e. The Balaban J connectivity index is 0.00000144. The molecule has 0 saturated heterocycles. The van der Waals surface area contributed by atoms with Gasteiger partial charge in [0.2, 0.25) is 0 Å². The summed E-state index contributed by atoms with van der Waals surface area (Å²) in [6.07, 6.45) is -0.224. The Bertz CT molecular complexity index is 251. The molecule has 0 spiro atoms. The highest BCUT2D eigenvalue weighted by Gasteiger charge is 1.93. The molecule has 0 atom stereocenters. The fourth-order valence-electron chi connectivity index (χ4n) is 0.958. The summed E-state index contributed by atoms with van der Waals surface area (Å²) in [5, 5.41) is 10.6. The number of carboxylic acid groups (broad SMARTS) is 1. The molecule has 0 bridgehead atoms. The maximum Gasteiger partial charge on any atom is 0.404 e. The van der Waals surface area contributed by atoms with E-state index in [0.29, 0.717) is 6.54 Å². The average molecular weight is 167 g/mol. The van der Waals surface area contributed by atoms with Crippen molar-refractivity contribution in [2.45, 2.75) is 6.42 Å². The van der Waals surface area contributed by atoms with E-state index in [0.717, 1.165) is 12.0 Å². The first-order valence-corrected chi connectivity index (χ1v) is 3.80. The van der Waals surface area contributed by atoms with Crippen molar-refractivity contribution in [1.82, 2.24) is 5.32 Å². The Morgan fingerprint density at radius 2 is 2.08 bits per heavy atom. The van der Waals surface area contributed by atoms with E-state index in [9.17, 15) is 4.79 Å². The molecule has 0 aromatic heterocycles. The van der Waals surface area contributed by atoms with Crippen molar-refractivity contribution in [3.8, 4) is 0 Å². The van der Waals surface area contributed by atoms with Crippen molar-refractivity contribution in [2.75, 3.05) is 6.54 Å². The molecule has 0 aliphatic heterocycles. The molecule has 1 aromatic carbocycles. The molecule has 0 unspecified atom stereocenters. The lowest BCUT2D eigenvalue weighted by Gasteiger charge is -2.00. The van der Waals surface area contributed by atoms with Crippen molar-refractivity contribution in [3.63, 3.8) is 0 Å². The standard InChI is InChI=1S/C9H11NO2.H2/c11-9(12)10-7-6-8-4-2-1-3-5-8;/h1-5,10H,6-7H2,(H,11,12);1H. The molecule has 0 fully saturated rings. The molecular weight excluding hydrogens is 154 g/mol. The fourth-order valence-corrected chi connectivity index (χ4v) is 0.958. The Kier molecular flexibility index (Phi) is 3.14. The first-order chi connectivity index (χ1) is 5.79. The van der Waals surface area contributed by atoms with Crippen LogP contribution < -0.4 is 5.32 Å². The maximum atomic E-state index is 10.1. The molecule has 3 heteroatoms. The van der Waals surface area contributed by atoms with Crippen molar-refractivity contribution < 1.29 is 11.3 Å². The van der Waals surface area contributed by atoms with Crippen LogP contribution in [-0.2, 0) is 6.42 Å². The van der Waals surface area contributed by atoms with E-state index in [2.05, 4.69) is 5.32 Å². The second-order valence-electron chi connectivity index (χ2n) is 2.47. The van der Waals surface area contributed by atoms with Crippen LogP contribution in [0, 0.1) is 0 Å². The Morgan fingerprint density at radius 3 is 2.67 bits per heavy atom. The van der Waals surface area contributed by atoms with Crippen molar-refractivity contribution in [2.24, 2.45) is 0 Å². The van der Waals surface area contributed by atoms with E-state index in [4.69, 9.17) is 5.11 Å². The quantitative estimate of drug-likeness (QED) is 0.720. The fraction of sp³-hybridized carbons (Fsp3) is 0.222. The third kappa shape index (κ3) is 3.05. The van der Waals surface area contributed by atoms with Crippen LogP contribution in [0.3, 0.4) is 0 Å². The van der Waals surface area contributed by atoms with Gasteiger partial charge in [0.05, 0.1) is 0 Å². The highest BCUT2D eigenvalue weighted by atomic mass is 16.4. The molecule has 1 aromatic rings. The van der Waals surface area contributed by atoms with E-state index in [1.54, 1.807) is 0 Å². The van der Waals surface area contributed by atoms with Gasteiger partial charge >= 0.3 is 6.09 Å². The van der Waals surface area contributed by atoms with Gasteiger partial charge in [-0.05, 0) is 12.0 Å². The van der Waals surface area contributed by atoms with Crippen LogP contribution in [0.2, 0.25) is 0 Å². The predicted molar refractivity (Wildman–Crippen MR) is 48.3 cm³/mol. The van der Waals surface area contributed by atoms with Gasteiger partial charge in [-0.2, -0.15) is 0 Å². The van der Waals surface area contributed by atoms with E-state index < -0.39 is 6.09 Å². The van der Waals surface area contributed by atoms with Crippen LogP contribution in [0.5, 0.6) is 0 Å². The van der Waals surface area contributed by atoms with Crippen LogP contribution in [0.25, 0.3) is 0 Å². The highest BCUT2D eigenvalue weighted by Crippen LogP contribution is 1.97. The summed E-state index contributed by atoms with van der Waals surface area (Å²) in [6.45, 7) is 0.472. The maximum absolute atomic E-state index is 10.1. The first-order valence-electron chi connectivity index (χ1n) is 3.80. The zero-order valence-electron chi connectivity index (χ0n) is 6.66. The number of benzene rings is 1. The molecule has 12 heavy (non-hydrogen) atoms. The molecule has 0 aliphatic carbocycles. The molecule has 0 radical (unpaired) electrons. The minimum absolute atomic E-state index is 0. The summed E-state index contributed by atoms with van der Waals surface area (Å²) in [6, 6.07) is 9.77. The van der Waals surface area contributed by atoms with Gasteiger partial charge in [-0.3, -0.25) is 0 Å². The van der Waals surface area contributed by atoms with E-state index >= 15 is 0 Å². The van der Waals surface area contributed by atoms with Gasteiger partial charge in [0.1, 0.15) is 0 Å². The number of nitrogens with one attached hydrogen (secondary N) is 1. The third-order valence-electron chi connectivity index (χ3n) is 1.53. The van der Waals surface area contributed by atoms with Crippen LogP contribution in [0.1, 0.15) is 6.99 Å². The summed E-state index contributed by atoms with van der Waals surface area (Å²) in [4.78, 5) is 10.1. The first kappa shape index (κ1) is 8.59. The summed E-state index contributed by atoms with van der Waals surface area (Å²) >= 11 is 0. The van der Waals surface area contributed by atoms with Crippen molar-refractivity contribution >= 4 is 6.09 Å². The molecule has 0 saturated carbocycles. The zero-order chi connectivity index (χ0) is 8.81. The Morgan fingerprint density at radius 1 is 1.42 bits per heavy atom. The smallest absolute Gasteiger partial charge is 0.404 e. The van der Waals surface area contributed by atoms with Crippen LogP contribution in [-0.4, -0.2) is 17.7 Å². The summed E-state index contributed by atoms with van der Waals surface area (Å²) in [5.74, 6) is 0. The Hall–Kier alpha value is -1.51. The number of amides is 1.